The van der Waals surface area contributed by atoms with E-state index in [4.69, 9.17) is 4.52 Å². The van der Waals surface area contributed by atoms with E-state index < -0.39 is 0 Å². The first-order valence-corrected chi connectivity index (χ1v) is 7.55. The Balaban J connectivity index is 1.56. The first-order chi connectivity index (χ1) is 11.6. The molecule has 0 aliphatic heterocycles. The quantitative estimate of drug-likeness (QED) is 0.782. The van der Waals surface area contributed by atoms with Gasteiger partial charge >= 0.3 is 0 Å². The van der Waals surface area contributed by atoms with E-state index in [1.54, 1.807) is 0 Å². The maximum Gasteiger partial charge on any atom is 0.251 e. The molecule has 6 heteroatoms. The Morgan fingerprint density at radius 1 is 1.21 bits per heavy atom. The molecule has 1 aromatic heterocycles. The van der Waals surface area contributed by atoms with Crippen molar-refractivity contribution in [1.82, 2.24) is 15.5 Å². The molecule has 0 radical (unpaired) electrons. The van der Waals surface area contributed by atoms with Gasteiger partial charge in [-0.2, -0.15) is 4.98 Å². The Bertz CT molecular complexity index is 843. The summed E-state index contributed by atoms with van der Waals surface area (Å²) in [5, 5.41) is 6.69. The molecule has 0 aliphatic carbocycles. The van der Waals surface area contributed by atoms with Crippen LogP contribution in [0.2, 0.25) is 0 Å². The third kappa shape index (κ3) is 3.84. The van der Waals surface area contributed by atoms with Crippen molar-refractivity contribution in [3.8, 4) is 11.4 Å². The number of amides is 1. The molecule has 5 nitrogen and oxygen atoms in total. The number of carbonyl (C=O) groups excluding carboxylic acids is 1. The van der Waals surface area contributed by atoms with Crippen LogP contribution in [0.15, 0.2) is 53.1 Å². The Morgan fingerprint density at radius 2 is 2.00 bits per heavy atom. The molecule has 3 rings (SSSR count). The van der Waals surface area contributed by atoms with Crippen LogP contribution < -0.4 is 5.32 Å². The van der Waals surface area contributed by atoms with Crippen LogP contribution in [-0.2, 0) is 6.42 Å². The Kier molecular flexibility index (Phi) is 4.65. The molecule has 0 bridgehead atoms. The van der Waals surface area contributed by atoms with Crippen molar-refractivity contribution < 1.29 is 13.7 Å². The van der Waals surface area contributed by atoms with Gasteiger partial charge in [0, 0.05) is 24.1 Å². The predicted octanol–water partition coefficient (Wildman–Crippen LogP) is 3.16. The van der Waals surface area contributed by atoms with Crippen LogP contribution in [-0.4, -0.2) is 22.6 Å². The minimum Gasteiger partial charge on any atom is -0.352 e. The lowest BCUT2D eigenvalue weighted by Gasteiger charge is -2.03. The van der Waals surface area contributed by atoms with Gasteiger partial charge in [0.15, 0.2) is 0 Å². The molecule has 0 saturated heterocycles. The number of benzene rings is 2. The summed E-state index contributed by atoms with van der Waals surface area (Å²) in [5.74, 6) is 0.332. The van der Waals surface area contributed by atoms with Gasteiger partial charge in [-0.25, -0.2) is 4.39 Å². The Labute approximate surface area is 138 Å². The molecule has 0 fully saturated rings. The van der Waals surface area contributed by atoms with E-state index in [9.17, 15) is 9.18 Å². The van der Waals surface area contributed by atoms with E-state index in [-0.39, 0.29) is 11.7 Å². The topological polar surface area (TPSA) is 68.0 Å². The van der Waals surface area contributed by atoms with Crippen molar-refractivity contribution in [2.24, 2.45) is 0 Å². The molecular weight excluding hydrogens is 309 g/mol. The van der Waals surface area contributed by atoms with Crippen LogP contribution in [0.3, 0.4) is 0 Å². The molecule has 1 heterocycles. The summed E-state index contributed by atoms with van der Waals surface area (Å²) in [7, 11) is 0. The monoisotopic (exact) mass is 325 g/mol. The zero-order valence-electron chi connectivity index (χ0n) is 13.1. The molecule has 0 saturated carbocycles. The van der Waals surface area contributed by atoms with Crippen molar-refractivity contribution in [1.29, 1.82) is 0 Å². The van der Waals surface area contributed by atoms with Crippen LogP contribution in [0.4, 0.5) is 4.39 Å². The van der Waals surface area contributed by atoms with Gasteiger partial charge in [-0.15, -0.1) is 0 Å². The number of carbonyl (C=O) groups is 1. The molecule has 0 unspecified atom stereocenters. The number of hydrogen-bond acceptors (Lipinski definition) is 4. The van der Waals surface area contributed by atoms with E-state index in [2.05, 4.69) is 15.5 Å². The van der Waals surface area contributed by atoms with Crippen LogP contribution in [0.5, 0.6) is 0 Å². The van der Waals surface area contributed by atoms with Crippen LogP contribution in [0.25, 0.3) is 11.4 Å². The minimum absolute atomic E-state index is 0.270. The lowest BCUT2D eigenvalue weighted by molar-refractivity contribution is 0.0953. The molecule has 0 spiro atoms. The number of aryl methyl sites for hydroxylation is 1. The molecule has 0 atom stereocenters. The van der Waals surface area contributed by atoms with E-state index in [0.717, 1.165) is 11.1 Å². The summed E-state index contributed by atoms with van der Waals surface area (Å²) in [5.41, 5.74) is 2.41. The average Bonchev–Trinajstić information content (AvgIpc) is 3.04. The molecule has 122 valence electrons. The molecule has 2 aromatic carbocycles. The fraction of sp³-hybridized carbons (Fsp3) is 0.167. The largest absolute Gasteiger partial charge is 0.352 e. The Morgan fingerprint density at radius 3 is 2.75 bits per heavy atom. The Hall–Kier alpha value is -3.02. The van der Waals surface area contributed by atoms with Gasteiger partial charge in [-0.1, -0.05) is 28.9 Å². The fourth-order valence-corrected chi connectivity index (χ4v) is 2.24. The van der Waals surface area contributed by atoms with Gasteiger partial charge in [-0.05, 0) is 37.3 Å². The molecule has 0 aliphatic rings. The highest BCUT2D eigenvalue weighted by Crippen LogP contribution is 2.16. The normalized spacial score (nSPS) is 10.6. The second kappa shape index (κ2) is 7.04. The number of halogens is 1. The van der Waals surface area contributed by atoms with Crippen LogP contribution in [0, 0.1) is 12.7 Å². The fourth-order valence-electron chi connectivity index (χ4n) is 2.24. The third-order valence-corrected chi connectivity index (χ3v) is 3.48. The maximum atomic E-state index is 12.8. The highest BCUT2D eigenvalue weighted by molar-refractivity contribution is 5.94. The smallest absolute Gasteiger partial charge is 0.251 e. The summed E-state index contributed by atoms with van der Waals surface area (Å²) in [6, 6.07) is 13.2. The number of rotatable bonds is 5. The zero-order valence-corrected chi connectivity index (χ0v) is 13.1. The average molecular weight is 325 g/mol. The van der Waals surface area contributed by atoms with Crippen LogP contribution >= 0.6 is 0 Å². The standard InChI is InChI=1S/C18H16FN3O2/c1-12-3-2-4-14(11-12)17-21-16(24-22-17)9-10-20-18(23)13-5-7-15(19)8-6-13/h2-8,11H,9-10H2,1H3,(H,20,23). The number of nitrogens with one attached hydrogen (secondary N) is 1. The van der Waals surface area contributed by atoms with Crippen molar-refractivity contribution >= 4 is 5.91 Å². The van der Waals surface area contributed by atoms with Gasteiger partial charge in [0.1, 0.15) is 5.82 Å². The van der Waals surface area contributed by atoms with E-state index >= 15 is 0 Å². The van der Waals surface area contributed by atoms with E-state index in [0.29, 0.717) is 30.2 Å². The van der Waals surface area contributed by atoms with Gasteiger partial charge in [-0.3, -0.25) is 4.79 Å². The number of nitrogens with zero attached hydrogens (tertiary/aromatic N) is 2. The second-order valence-electron chi connectivity index (χ2n) is 5.39. The van der Waals surface area contributed by atoms with Gasteiger partial charge in [0.25, 0.3) is 5.91 Å². The maximum absolute atomic E-state index is 12.8. The van der Waals surface area contributed by atoms with E-state index in [1.807, 2.05) is 31.2 Å². The number of hydrogen-bond donors (Lipinski definition) is 1. The number of aromatic nitrogens is 2. The SMILES string of the molecule is Cc1cccc(-c2noc(CCNC(=O)c3ccc(F)cc3)n2)c1. The molecule has 24 heavy (non-hydrogen) atoms. The van der Waals surface area contributed by atoms with Crippen molar-refractivity contribution in [3.05, 3.63) is 71.4 Å². The van der Waals surface area contributed by atoms with Gasteiger partial charge < -0.3 is 9.84 Å². The van der Waals surface area contributed by atoms with Gasteiger partial charge in [0.2, 0.25) is 11.7 Å². The summed E-state index contributed by atoms with van der Waals surface area (Å²) in [6.45, 7) is 2.35. The second-order valence-corrected chi connectivity index (χ2v) is 5.39. The molecule has 1 N–H and O–H groups in total. The minimum atomic E-state index is -0.374. The molecular formula is C18H16FN3O2. The van der Waals surface area contributed by atoms with Crippen molar-refractivity contribution in [2.45, 2.75) is 13.3 Å². The third-order valence-electron chi connectivity index (χ3n) is 3.48. The zero-order chi connectivity index (χ0) is 16.9. The lowest BCUT2D eigenvalue weighted by atomic mass is 10.1. The lowest BCUT2D eigenvalue weighted by Crippen LogP contribution is -2.25. The summed E-state index contributed by atoms with van der Waals surface area (Å²) < 4.78 is 18.0. The van der Waals surface area contributed by atoms with E-state index in [1.165, 1.54) is 24.3 Å². The van der Waals surface area contributed by atoms with Crippen molar-refractivity contribution in [3.63, 3.8) is 0 Å². The van der Waals surface area contributed by atoms with Crippen molar-refractivity contribution in [2.75, 3.05) is 6.54 Å². The summed E-state index contributed by atoms with van der Waals surface area (Å²) >= 11 is 0. The van der Waals surface area contributed by atoms with Crippen LogP contribution in [0.1, 0.15) is 21.8 Å². The molecule has 3 aromatic rings. The first kappa shape index (κ1) is 15.9. The highest BCUT2D eigenvalue weighted by atomic mass is 19.1. The highest BCUT2D eigenvalue weighted by Gasteiger charge is 2.10. The van der Waals surface area contributed by atoms with Gasteiger partial charge in [0.05, 0.1) is 0 Å². The summed E-state index contributed by atoms with van der Waals surface area (Å²) in [4.78, 5) is 16.2. The first-order valence-electron chi connectivity index (χ1n) is 7.55. The molecule has 1 amide bonds. The summed E-state index contributed by atoms with van der Waals surface area (Å²) in [6.07, 6.45) is 0.422. The predicted molar refractivity (Wildman–Crippen MR) is 86.9 cm³/mol.